The number of hydrogen-bond acceptors (Lipinski definition) is 8. The van der Waals surface area contributed by atoms with Crippen molar-refractivity contribution < 1.29 is 19.3 Å². The van der Waals surface area contributed by atoms with Crippen molar-refractivity contribution in [2.24, 2.45) is 5.92 Å². The Hall–Kier alpha value is -2.72. The van der Waals surface area contributed by atoms with Crippen LogP contribution in [0.2, 0.25) is 0 Å². The molecule has 184 valence electrons. The summed E-state index contributed by atoms with van der Waals surface area (Å²) in [6, 6.07) is 5.58. The zero-order valence-corrected chi connectivity index (χ0v) is 21.0. The molecule has 0 spiro atoms. The highest BCUT2D eigenvalue weighted by Gasteiger charge is 2.18. The standard InChI is InChI=1S/C25H33N3O5S/c1-6-9-33-14-18(29)12-28(11-16(2)3)13-22-26-24(30)23-19(15-34-25(23)27-22)17-7-8-20(31-4)21(10-17)32-5/h6-8,10,15-16,18,29H,1,9,11-14H2,2-5H3,(H,26,27,30)/t18-/m1/s1. The third kappa shape index (κ3) is 6.44. The monoisotopic (exact) mass is 487 g/mol. The summed E-state index contributed by atoms with van der Waals surface area (Å²) in [6.45, 7) is 10.1. The van der Waals surface area contributed by atoms with E-state index in [1.54, 1.807) is 20.3 Å². The van der Waals surface area contributed by atoms with Gasteiger partial charge in [0.2, 0.25) is 0 Å². The van der Waals surface area contributed by atoms with E-state index in [0.717, 1.165) is 17.7 Å². The fourth-order valence-electron chi connectivity index (χ4n) is 3.85. The van der Waals surface area contributed by atoms with Crippen molar-refractivity contribution in [3.63, 3.8) is 0 Å². The number of nitrogens with zero attached hydrogens (tertiary/aromatic N) is 2. The Balaban J connectivity index is 1.85. The number of benzene rings is 1. The Kier molecular flexibility index (Phi) is 9.23. The quantitative estimate of drug-likeness (QED) is 0.280. The first kappa shape index (κ1) is 25.9. The van der Waals surface area contributed by atoms with Crippen molar-refractivity contribution in [3.8, 4) is 22.6 Å². The van der Waals surface area contributed by atoms with Crippen LogP contribution in [0.15, 0.2) is 41.0 Å². The summed E-state index contributed by atoms with van der Waals surface area (Å²) in [7, 11) is 3.17. The number of rotatable bonds is 13. The zero-order valence-electron chi connectivity index (χ0n) is 20.2. The van der Waals surface area contributed by atoms with Gasteiger partial charge in [0, 0.05) is 24.0 Å². The van der Waals surface area contributed by atoms with Gasteiger partial charge in [0.25, 0.3) is 5.56 Å². The molecule has 2 N–H and O–H groups in total. The average molecular weight is 488 g/mol. The number of methoxy groups -OCH3 is 2. The largest absolute Gasteiger partial charge is 0.493 e. The molecule has 34 heavy (non-hydrogen) atoms. The Labute approximate surface area is 203 Å². The second-order valence-corrected chi connectivity index (χ2v) is 9.34. The van der Waals surface area contributed by atoms with E-state index in [0.29, 0.717) is 53.2 Å². The molecular weight excluding hydrogens is 454 g/mol. The van der Waals surface area contributed by atoms with Crippen LogP contribution >= 0.6 is 11.3 Å². The number of fused-ring (bicyclic) bond motifs is 1. The lowest BCUT2D eigenvalue weighted by molar-refractivity contribution is 0.0218. The molecular formula is C25H33N3O5S. The van der Waals surface area contributed by atoms with Gasteiger partial charge in [-0.15, -0.1) is 17.9 Å². The average Bonchev–Trinajstić information content (AvgIpc) is 3.22. The van der Waals surface area contributed by atoms with Crippen LogP contribution in [0.1, 0.15) is 19.7 Å². The number of aromatic amines is 1. The van der Waals surface area contributed by atoms with E-state index >= 15 is 0 Å². The Morgan fingerprint density at radius 3 is 2.68 bits per heavy atom. The van der Waals surface area contributed by atoms with Crippen LogP contribution in [0.3, 0.4) is 0 Å². The van der Waals surface area contributed by atoms with Gasteiger partial charge in [-0.2, -0.15) is 0 Å². The lowest BCUT2D eigenvalue weighted by Gasteiger charge is -2.26. The maximum atomic E-state index is 13.1. The Morgan fingerprint density at radius 1 is 1.24 bits per heavy atom. The molecule has 9 heteroatoms. The first-order valence-corrected chi connectivity index (χ1v) is 12.1. The fourth-order valence-corrected chi connectivity index (χ4v) is 4.82. The van der Waals surface area contributed by atoms with E-state index in [1.165, 1.54) is 11.3 Å². The predicted octanol–water partition coefficient (Wildman–Crippen LogP) is 3.69. The number of aliphatic hydroxyl groups is 1. The van der Waals surface area contributed by atoms with Crippen molar-refractivity contribution in [1.29, 1.82) is 0 Å². The van der Waals surface area contributed by atoms with Gasteiger partial charge < -0.3 is 24.3 Å². The smallest absolute Gasteiger partial charge is 0.260 e. The lowest BCUT2D eigenvalue weighted by atomic mass is 10.1. The topological polar surface area (TPSA) is 96.9 Å². The fraction of sp³-hybridized carbons (Fsp3) is 0.440. The van der Waals surface area contributed by atoms with Gasteiger partial charge in [-0.1, -0.05) is 26.0 Å². The lowest BCUT2D eigenvalue weighted by Crippen LogP contribution is -2.37. The van der Waals surface area contributed by atoms with Gasteiger partial charge in [0.1, 0.15) is 10.7 Å². The maximum Gasteiger partial charge on any atom is 0.260 e. The summed E-state index contributed by atoms with van der Waals surface area (Å²) in [6.07, 6.45) is 1.01. The number of aromatic nitrogens is 2. The van der Waals surface area contributed by atoms with Crippen LogP contribution in [-0.2, 0) is 11.3 Å². The highest BCUT2D eigenvalue weighted by molar-refractivity contribution is 7.17. The van der Waals surface area contributed by atoms with Crippen LogP contribution in [0.25, 0.3) is 21.3 Å². The first-order valence-electron chi connectivity index (χ1n) is 11.2. The van der Waals surface area contributed by atoms with Gasteiger partial charge in [-0.3, -0.25) is 9.69 Å². The third-order valence-corrected chi connectivity index (χ3v) is 6.07. The minimum Gasteiger partial charge on any atom is -0.493 e. The minimum absolute atomic E-state index is 0.189. The van der Waals surface area contributed by atoms with Crippen LogP contribution in [0, 0.1) is 5.92 Å². The number of aliphatic hydroxyl groups excluding tert-OH is 1. The molecule has 0 bridgehead atoms. The summed E-state index contributed by atoms with van der Waals surface area (Å²) in [5.74, 6) is 2.18. The minimum atomic E-state index is -0.646. The van der Waals surface area contributed by atoms with E-state index in [2.05, 4.69) is 30.3 Å². The van der Waals surface area contributed by atoms with E-state index < -0.39 is 6.10 Å². The first-order chi connectivity index (χ1) is 16.4. The molecule has 0 saturated heterocycles. The van der Waals surface area contributed by atoms with Crippen molar-refractivity contribution >= 4 is 21.6 Å². The summed E-state index contributed by atoms with van der Waals surface area (Å²) in [4.78, 5) is 23.5. The summed E-state index contributed by atoms with van der Waals surface area (Å²) >= 11 is 1.43. The summed E-state index contributed by atoms with van der Waals surface area (Å²) in [5.41, 5.74) is 1.47. The molecule has 3 rings (SSSR count). The molecule has 1 aromatic carbocycles. The van der Waals surface area contributed by atoms with E-state index in [1.807, 2.05) is 23.6 Å². The molecule has 2 heterocycles. The SMILES string of the molecule is C=CCOC[C@H](O)CN(Cc1nc2scc(-c3ccc(OC)c(OC)c3)c2c(=O)[nH]1)CC(C)C. The molecule has 0 unspecified atom stereocenters. The Morgan fingerprint density at radius 2 is 2.00 bits per heavy atom. The molecule has 0 aliphatic carbocycles. The number of nitrogens with one attached hydrogen (secondary N) is 1. The van der Waals surface area contributed by atoms with Crippen molar-refractivity contribution in [2.45, 2.75) is 26.5 Å². The van der Waals surface area contributed by atoms with E-state index in [9.17, 15) is 9.90 Å². The third-order valence-electron chi connectivity index (χ3n) is 5.20. The van der Waals surface area contributed by atoms with Crippen LogP contribution in [0.5, 0.6) is 11.5 Å². The highest BCUT2D eigenvalue weighted by Crippen LogP contribution is 2.36. The van der Waals surface area contributed by atoms with Gasteiger partial charge in [-0.05, 0) is 23.6 Å². The van der Waals surface area contributed by atoms with Gasteiger partial charge in [0.05, 0.1) is 45.5 Å². The Bertz CT molecular complexity index is 1160. The van der Waals surface area contributed by atoms with Crippen LogP contribution in [-0.4, -0.2) is 66.6 Å². The molecule has 8 nitrogen and oxygen atoms in total. The molecule has 0 saturated carbocycles. The molecule has 3 aromatic rings. The molecule has 0 fully saturated rings. The highest BCUT2D eigenvalue weighted by atomic mass is 32.1. The predicted molar refractivity (Wildman–Crippen MR) is 136 cm³/mol. The van der Waals surface area contributed by atoms with Crippen LogP contribution in [0.4, 0.5) is 0 Å². The summed E-state index contributed by atoms with van der Waals surface area (Å²) in [5, 5.41) is 12.8. The van der Waals surface area contributed by atoms with Gasteiger partial charge >= 0.3 is 0 Å². The summed E-state index contributed by atoms with van der Waals surface area (Å²) < 4.78 is 16.1. The molecule has 0 radical (unpaired) electrons. The van der Waals surface area contributed by atoms with Gasteiger partial charge in [0.15, 0.2) is 11.5 Å². The normalized spacial score (nSPS) is 12.4. The van der Waals surface area contributed by atoms with Crippen molar-refractivity contribution in [1.82, 2.24) is 14.9 Å². The zero-order chi connectivity index (χ0) is 24.7. The number of hydrogen-bond donors (Lipinski definition) is 2. The molecule has 2 aromatic heterocycles. The molecule has 0 amide bonds. The van der Waals surface area contributed by atoms with E-state index in [4.69, 9.17) is 19.2 Å². The van der Waals surface area contributed by atoms with Crippen molar-refractivity contribution in [2.75, 3.05) is 40.5 Å². The maximum absolute atomic E-state index is 13.1. The number of H-pyrrole nitrogens is 1. The number of ether oxygens (including phenoxy) is 3. The second kappa shape index (κ2) is 12.1. The molecule has 0 aliphatic heterocycles. The van der Waals surface area contributed by atoms with E-state index in [-0.39, 0.29) is 12.2 Å². The second-order valence-electron chi connectivity index (χ2n) is 8.48. The molecule has 0 aliphatic rings. The van der Waals surface area contributed by atoms with Crippen molar-refractivity contribution in [3.05, 3.63) is 52.4 Å². The van der Waals surface area contributed by atoms with Crippen LogP contribution < -0.4 is 15.0 Å². The number of thiophene rings is 1. The van der Waals surface area contributed by atoms with Gasteiger partial charge in [-0.25, -0.2) is 4.98 Å². The molecule has 1 atom stereocenters.